The van der Waals surface area contributed by atoms with Gasteiger partial charge in [-0.2, -0.15) is 4.98 Å². The molecule has 2 N–H and O–H groups in total. The van der Waals surface area contributed by atoms with Crippen LogP contribution in [0, 0.1) is 6.92 Å². The van der Waals surface area contributed by atoms with E-state index in [2.05, 4.69) is 41.3 Å². The van der Waals surface area contributed by atoms with Gasteiger partial charge in [0.2, 0.25) is 0 Å². The lowest BCUT2D eigenvalue weighted by Gasteiger charge is -1.99. The van der Waals surface area contributed by atoms with Crippen molar-refractivity contribution in [2.24, 2.45) is 0 Å². The molecule has 0 unspecified atom stereocenters. The fourth-order valence-corrected chi connectivity index (χ4v) is 2.13. The summed E-state index contributed by atoms with van der Waals surface area (Å²) in [6.45, 7) is 2.06. The van der Waals surface area contributed by atoms with Gasteiger partial charge in [0.05, 0.1) is 10.7 Å². The fourth-order valence-electron chi connectivity index (χ4n) is 2.01. The number of aromatic nitrogens is 2. The van der Waals surface area contributed by atoms with Crippen molar-refractivity contribution in [1.29, 1.82) is 0 Å². The first-order chi connectivity index (χ1) is 10.1. The third kappa shape index (κ3) is 3.06. The Bertz CT molecular complexity index is 765. The highest BCUT2D eigenvalue weighted by Crippen LogP contribution is 2.25. The summed E-state index contributed by atoms with van der Waals surface area (Å²) in [5.74, 6) is 1.09. The smallest absolute Gasteiger partial charge is 0.258 e. The summed E-state index contributed by atoms with van der Waals surface area (Å²) < 4.78 is 5.28. The summed E-state index contributed by atoms with van der Waals surface area (Å²) in [4.78, 5) is 4.39. The molecule has 0 saturated carbocycles. The van der Waals surface area contributed by atoms with E-state index in [-0.39, 0.29) is 0 Å². The lowest BCUT2D eigenvalue weighted by atomic mass is 10.1. The Morgan fingerprint density at radius 2 is 1.90 bits per heavy atom. The van der Waals surface area contributed by atoms with Crippen LogP contribution in [0.3, 0.4) is 0 Å². The van der Waals surface area contributed by atoms with E-state index in [9.17, 15) is 0 Å². The summed E-state index contributed by atoms with van der Waals surface area (Å²) in [5, 5.41) is 4.51. The summed E-state index contributed by atoms with van der Waals surface area (Å²) >= 11 is 5.90. The van der Waals surface area contributed by atoms with Gasteiger partial charge in [-0.3, -0.25) is 0 Å². The highest BCUT2D eigenvalue weighted by molar-refractivity contribution is 6.33. The van der Waals surface area contributed by atoms with E-state index in [1.54, 1.807) is 12.1 Å². The molecule has 2 aromatic carbocycles. The van der Waals surface area contributed by atoms with E-state index in [1.165, 1.54) is 5.56 Å². The first-order valence-corrected chi connectivity index (χ1v) is 6.93. The number of aryl methyl sites for hydroxylation is 1. The van der Waals surface area contributed by atoms with Gasteiger partial charge in [0.25, 0.3) is 5.89 Å². The van der Waals surface area contributed by atoms with Crippen molar-refractivity contribution in [2.75, 3.05) is 5.73 Å². The first kappa shape index (κ1) is 13.6. The van der Waals surface area contributed by atoms with Crippen LogP contribution in [0.15, 0.2) is 47.0 Å². The number of halogens is 1. The van der Waals surface area contributed by atoms with Gasteiger partial charge in [-0.15, -0.1) is 0 Å². The second-order valence-corrected chi connectivity index (χ2v) is 5.32. The van der Waals surface area contributed by atoms with Gasteiger partial charge in [0, 0.05) is 12.0 Å². The van der Waals surface area contributed by atoms with Crippen molar-refractivity contribution in [3.05, 3.63) is 64.4 Å². The molecule has 0 fully saturated rings. The molecule has 0 bridgehead atoms. The lowest BCUT2D eigenvalue weighted by Crippen LogP contribution is -1.91. The average Bonchev–Trinajstić information content (AvgIpc) is 2.93. The van der Waals surface area contributed by atoms with Crippen molar-refractivity contribution >= 4 is 17.3 Å². The zero-order chi connectivity index (χ0) is 14.8. The molecular formula is C16H14ClN3O. The van der Waals surface area contributed by atoms with E-state index in [0.717, 1.165) is 11.1 Å². The Hall–Kier alpha value is -2.33. The lowest BCUT2D eigenvalue weighted by molar-refractivity contribution is 0.424. The number of hydrogen-bond donors (Lipinski definition) is 1. The van der Waals surface area contributed by atoms with E-state index in [1.807, 2.05) is 6.07 Å². The van der Waals surface area contributed by atoms with Gasteiger partial charge in [-0.1, -0.05) is 46.6 Å². The minimum atomic E-state index is 0.445. The summed E-state index contributed by atoms with van der Waals surface area (Å²) in [6.07, 6.45) is 0.632. The van der Waals surface area contributed by atoms with Crippen LogP contribution in [0.25, 0.3) is 11.5 Å². The van der Waals surface area contributed by atoms with E-state index >= 15 is 0 Å². The second-order valence-electron chi connectivity index (χ2n) is 4.91. The second kappa shape index (κ2) is 5.58. The topological polar surface area (TPSA) is 64.9 Å². The molecule has 4 nitrogen and oxygen atoms in total. The zero-order valence-corrected chi connectivity index (χ0v) is 12.3. The van der Waals surface area contributed by atoms with Crippen LogP contribution < -0.4 is 5.73 Å². The van der Waals surface area contributed by atoms with E-state index in [0.29, 0.717) is 28.8 Å². The minimum absolute atomic E-state index is 0.445. The van der Waals surface area contributed by atoms with Crippen molar-refractivity contribution < 1.29 is 4.52 Å². The summed E-state index contributed by atoms with van der Waals surface area (Å²) in [6, 6.07) is 13.5. The molecule has 1 heterocycles. The van der Waals surface area contributed by atoms with Crippen LogP contribution in [0.5, 0.6) is 0 Å². The molecule has 0 aliphatic carbocycles. The van der Waals surface area contributed by atoms with Crippen molar-refractivity contribution in [3.8, 4) is 11.5 Å². The van der Waals surface area contributed by atoms with Crippen LogP contribution in [-0.2, 0) is 6.42 Å². The molecule has 5 heteroatoms. The number of nitrogens with two attached hydrogens (primary N) is 1. The molecule has 3 aromatic rings. The minimum Gasteiger partial charge on any atom is -0.398 e. The Kier molecular flexibility index (Phi) is 3.62. The van der Waals surface area contributed by atoms with Gasteiger partial charge in [-0.05, 0) is 30.7 Å². The molecule has 0 radical (unpaired) electrons. The standard InChI is InChI=1S/C16H14ClN3O/c1-10-2-4-11(5-3-10)8-15-19-16(21-20-15)12-6-7-13(17)14(18)9-12/h2-7,9H,8,18H2,1H3. The average molecular weight is 300 g/mol. The van der Waals surface area contributed by atoms with Crippen molar-refractivity contribution in [1.82, 2.24) is 10.1 Å². The number of nitrogens with zero attached hydrogens (tertiary/aromatic N) is 2. The molecule has 0 spiro atoms. The van der Waals surface area contributed by atoms with Gasteiger partial charge in [0.15, 0.2) is 5.82 Å². The number of hydrogen-bond acceptors (Lipinski definition) is 4. The number of nitrogen functional groups attached to an aromatic ring is 1. The molecule has 0 saturated heterocycles. The van der Waals surface area contributed by atoms with E-state index < -0.39 is 0 Å². The zero-order valence-electron chi connectivity index (χ0n) is 11.5. The van der Waals surface area contributed by atoms with Crippen LogP contribution in [0.2, 0.25) is 5.02 Å². The maximum Gasteiger partial charge on any atom is 0.258 e. The quantitative estimate of drug-likeness (QED) is 0.746. The highest BCUT2D eigenvalue weighted by atomic mass is 35.5. The third-order valence-corrected chi connectivity index (χ3v) is 3.54. The fraction of sp³-hybridized carbons (Fsp3) is 0.125. The Labute approximate surface area is 127 Å². The Morgan fingerprint density at radius 1 is 1.14 bits per heavy atom. The predicted octanol–water partition coefficient (Wildman–Crippen LogP) is 3.87. The molecule has 3 rings (SSSR count). The van der Waals surface area contributed by atoms with Gasteiger partial charge >= 0.3 is 0 Å². The molecule has 106 valence electrons. The van der Waals surface area contributed by atoms with Crippen LogP contribution in [-0.4, -0.2) is 10.1 Å². The SMILES string of the molecule is Cc1ccc(Cc2noc(-c3ccc(Cl)c(N)c3)n2)cc1. The molecular weight excluding hydrogens is 286 g/mol. The van der Waals surface area contributed by atoms with Crippen molar-refractivity contribution in [2.45, 2.75) is 13.3 Å². The van der Waals surface area contributed by atoms with Crippen molar-refractivity contribution in [3.63, 3.8) is 0 Å². The van der Waals surface area contributed by atoms with Crippen LogP contribution in [0.4, 0.5) is 5.69 Å². The molecule has 0 aliphatic heterocycles. The van der Waals surface area contributed by atoms with Crippen LogP contribution >= 0.6 is 11.6 Å². The summed E-state index contributed by atoms with van der Waals surface area (Å²) in [5.41, 5.74) is 9.41. The predicted molar refractivity (Wildman–Crippen MR) is 83.1 cm³/mol. The number of anilines is 1. The normalized spacial score (nSPS) is 10.8. The Balaban J connectivity index is 1.82. The van der Waals surface area contributed by atoms with Crippen LogP contribution in [0.1, 0.15) is 17.0 Å². The molecule has 0 aliphatic rings. The Morgan fingerprint density at radius 3 is 2.62 bits per heavy atom. The molecule has 1 aromatic heterocycles. The van der Waals surface area contributed by atoms with Gasteiger partial charge in [0.1, 0.15) is 0 Å². The molecule has 0 amide bonds. The highest BCUT2D eigenvalue weighted by Gasteiger charge is 2.10. The monoisotopic (exact) mass is 299 g/mol. The maximum atomic E-state index is 5.90. The summed E-state index contributed by atoms with van der Waals surface area (Å²) in [7, 11) is 0. The third-order valence-electron chi connectivity index (χ3n) is 3.19. The van der Waals surface area contributed by atoms with Gasteiger partial charge in [-0.25, -0.2) is 0 Å². The number of rotatable bonds is 3. The van der Waals surface area contributed by atoms with E-state index in [4.69, 9.17) is 21.9 Å². The largest absolute Gasteiger partial charge is 0.398 e. The molecule has 0 atom stereocenters. The number of benzene rings is 2. The maximum absolute atomic E-state index is 5.90. The molecule has 21 heavy (non-hydrogen) atoms. The van der Waals surface area contributed by atoms with Gasteiger partial charge < -0.3 is 10.3 Å². The first-order valence-electron chi connectivity index (χ1n) is 6.55.